The molecule has 3 aromatic rings. The number of aliphatic hydroxyl groups is 3. The van der Waals surface area contributed by atoms with E-state index in [2.05, 4.69) is 0 Å². The van der Waals surface area contributed by atoms with Crippen LogP contribution in [0.2, 0.25) is 5.04 Å². The minimum Gasteiger partial charge on any atom is -0.397 e. The van der Waals surface area contributed by atoms with Gasteiger partial charge >= 0.3 is 5.69 Å². The highest BCUT2D eigenvalue weighted by Gasteiger charge is 2.56. The van der Waals surface area contributed by atoms with Gasteiger partial charge in [0.2, 0.25) is 5.82 Å². The summed E-state index contributed by atoms with van der Waals surface area (Å²) in [5.74, 6) is -1.24. The van der Waals surface area contributed by atoms with E-state index in [-0.39, 0.29) is 0 Å². The van der Waals surface area contributed by atoms with Gasteiger partial charge in [-0.05, 0) is 15.4 Å². The maximum Gasteiger partial charge on any atom is 0.330 e. The van der Waals surface area contributed by atoms with E-state index in [9.17, 15) is 29.3 Å². The van der Waals surface area contributed by atoms with Crippen LogP contribution in [0.5, 0.6) is 0 Å². The van der Waals surface area contributed by atoms with E-state index >= 15 is 0 Å². The van der Waals surface area contributed by atoms with E-state index < -0.39 is 67.7 Å². The van der Waals surface area contributed by atoms with Gasteiger partial charge in [0.1, 0.15) is 24.4 Å². The van der Waals surface area contributed by atoms with E-state index in [0.717, 1.165) is 14.9 Å². The number of hydrogen-bond acceptors (Lipinski definition) is 7. The van der Waals surface area contributed by atoms with E-state index in [1.807, 2.05) is 86.4 Å². The molecule has 0 amide bonds. The molecule has 0 spiro atoms. The molecule has 2 heterocycles. The number of halogens is 1. The van der Waals surface area contributed by atoms with E-state index in [1.54, 1.807) is 0 Å². The van der Waals surface area contributed by atoms with Crippen LogP contribution >= 0.6 is 0 Å². The molecule has 1 aromatic heterocycles. The van der Waals surface area contributed by atoms with Crippen molar-refractivity contribution in [1.29, 1.82) is 0 Å². The summed E-state index contributed by atoms with van der Waals surface area (Å²) in [6.07, 6.45) is -6.66. The Morgan fingerprint density at radius 2 is 1.54 bits per heavy atom. The minimum absolute atomic E-state index is 0.542. The Hall–Kier alpha value is -2.93. The number of H-pyrrole nitrogens is 1. The fourth-order valence-corrected chi connectivity index (χ4v) is 9.65. The third-order valence-electron chi connectivity index (χ3n) is 6.77. The van der Waals surface area contributed by atoms with E-state index in [4.69, 9.17) is 9.16 Å². The third-order valence-corrected chi connectivity index (χ3v) is 11.8. The molecule has 0 bridgehead atoms. The van der Waals surface area contributed by atoms with Crippen LogP contribution in [0.3, 0.4) is 0 Å². The normalized spacial score (nSPS) is 24.7. The van der Waals surface area contributed by atoms with Crippen molar-refractivity contribution in [3.63, 3.8) is 0 Å². The number of nitrogens with zero attached hydrogens (tertiary/aromatic N) is 1. The molecule has 1 unspecified atom stereocenters. The zero-order chi connectivity index (χ0) is 27.0. The van der Waals surface area contributed by atoms with Gasteiger partial charge in [-0.25, -0.2) is 4.79 Å². The summed E-state index contributed by atoms with van der Waals surface area (Å²) < 4.78 is 27.8. The lowest BCUT2D eigenvalue weighted by atomic mass is 9.98. The van der Waals surface area contributed by atoms with E-state index in [1.165, 1.54) is 0 Å². The lowest BCUT2D eigenvalue weighted by Crippen LogP contribution is -2.71. The lowest BCUT2D eigenvalue weighted by Gasteiger charge is -2.50. The van der Waals surface area contributed by atoms with Gasteiger partial charge in [-0.1, -0.05) is 81.4 Å². The summed E-state index contributed by atoms with van der Waals surface area (Å²) in [7, 11) is -3.35. The highest BCUT2D eigenvalue weighted by molar-refractivity contribution is 6.99. The first kappa shape index (κ1) is 27.1. The molecule has 9 nitrogen and oxygen atoms in total. The van der Waals surface area contributed by atoms with Crippen LogP contribution in [0.1, 0.15) is 27.0 Å². The monoisotopic (exact) mass is 530 g/mol. The number of nitrogens with one attached hydrogen (secondary N) is 1. The Morgan fingerprint density at radius 3 is 2.03 bits per heavy atom. The minimum atomic E-state index is -3.35. The molecule has 5 atom stereocenters. The maximum atomic E-state index is 14.3. The molecule has 11 heteroatoms. The topological polar surface area (TPSA) is 134 Å². The van der Waals surface area contributed by atoms with Crippen molar-refractivity contribution >= 4 is 18.7 Å². The zero-order valence-corrected chi connectivity index (χ0v) is 21.7. The molecular weight excluding hydrogens is 499 g/mol. The van der Waals surface area contributed by atoms with Crippen molar-refractivity contribution in [1.82, 2.24) is 9.55 Å². The molecular formula is C26H31FN2O7Si. The number of hydrogen-bond donors (Lipinski definition) is 4. The number of ether oxygens (including phenoxy) is 1. The van der Waals surface area contributed by atoms with Crippen LogP contribution in [-0.4, -0.2) is 64.2 Å². The first-order valence-corrected chi connectivity index (χ1v) is 13.8. The molecule has 0 radical (unpaired) electrons. The number of aromatic nitrogens is 2. The largest absolute Gasteiger partial charge is 0.397 e. The van der Waals surface area contributed by atoms with Gasteiger partial charge in [-0.2, -0.15) is 4.39 Å². The van der Waals surface area contributed by atoms with Crippen molar-refractivity contribution in [2.45, 2.75) is 56.5 Å². The molecule has 1 fully saturated rings. The SMILES string of the molecule is CC(C)(C)[Si](O[C@H]1C(n2cc(F)c(=O)[nH]c2=O)O[C@H](CO)[C@H](O)[C@@H]1O)(c1ccccc1)c1ccccc1. The average Bonchev–Trinajstić information content (AvgIpc) is 2.87. The van der Waals surface area contributed by atoms with Gasteiger partial charge in [0.25, 0.3) is 13.9 Å². The molecule has 0 saturated carbocycles. The number of benzene rings is 2. The van der Waals surface area contributed by atoms with Crippen LogP contribution in [-0.2, 0) is 9.16 Å². The summed E-state index contributed by atoms with van der Waals surface area (Å²) in [6.45, 7) is 5.33. The van der Waals surface area contributed by atoms with Gasteiger partial charge in [-0.15, -0.1) is 0 Å². The van der Waals surface area contributed by atoms with Crippen LogP contribution in [0.4, 0.5) is 4.39 Å². The van der Waals surface area contributed by atoms with Crippen molar-refractivity contribution < 1.29 is 28.9 Å². The highest BCUT2D eigenvalue weighted by atomic mass is 28.4. The first-order chi connectivity index (χ1) is 17.5. The molecule has 0 aliphatic carbocycles. The molecule has 1 aliphatic heterocycles. The van der Waals surface area contributed by atoms with Gasteiger partial charge in [-0.3, -0.25) is 14.3 Å². The van der Waals surface area contributed by atoms with E-state index in [0.29, 0.717) is 6.20 Å². The molecule has 1 aliphatic rings. The summed E-state index contributed by atoms with van der Waals surface area (Å²) >= 11 is 0. The molecule has 2 aromatic carbocycles. The van der Waals surface area contributed by atoms with Crippen LogP contribution in [0.25, 0.3) is 0 Å². The Kier molecular flexibility index (Phi) is 7.65. The zero-order valence-electron chi connectivity index (χ0n) is 20.7. The first-order valence-electron chi connectivity index (χ1n) is 11.9. The average molecular weight is 531 g/mol. The summed E-state index contributed by atoms with van der Waals surface area (Å²) in [6, 6.07) is 18.9. The number of aromatic amines is 1. The second-order valence-electron chi connectivity index (χ2n) is 10.1. The summed E-state index contributed by atoms with van der Waals surface area (Å²) in [5.41, 5.74) is -2.20. The second kappa shape index (κ2) is 10.4. The van der Waals surface area contributed by atoms with Gasteiger partial charge in [0.15, 0.2) is 6.23 Å². The Morgan fingerprint density at radius 1 is 1.00 bits per heavy atom. The van der Waals surface area contributed by atoms with Crippen LogP contribution in [0.15, 0.2) is 76.4 Å². The molecule has 198 valence electrons. The Balaban J connectivity index is 1.96. The quantitative estimate of drug-likeness (QED) is 0.335. The fourth-order valence-electron chi connectivity index (χ4n) is 4.97. The van der Waals surface area contributed by atoms with Crippen LogP contribution < -0.4 is 21.6 Å². The lowest BCUT2D eigenvalue weighted by molar-refractivity contribution is -0.247. The standard InChI is InChI=1S/C26H31FN2O7Si/c1-26(2,3)37(16-10-6-4-7-11-16,17-12-8-5-9-13-17)36-22-21(32)20(31)19(15-30)35-24(22)29-14-18(27)23(33)28-25(29)34/h4-14,19-22,24,30-32H,15H2,1-3H3,(H,28,33,34)/t19-,20+,21+,22-,24?/m1/s1. The summed E-state index contributed by atoms with van der Waals surface area (Å²) in [4.78, 5) is 26.3. The molecule has 1 saturated heterocycles. The molecule has 4 N–H and O–H groups in total. The van der Waals surface area contributed by atoms with Crippen molar-refractivity contribution in [3.05, 3.63) is 93.5 Å². The predicted molar refractivity (Wildman–Crippen MR) is 137 cm³/mol. The van der Waals surface area contributed by atoms with Gasteiger partial charge in [0.05, 0.1) is 12.8 Å². The van der Waals surface area contributed by atoms with Crippen molar-refractivity contribution in [2.24, 2.45) is 0 Å². The van der Waals surface area contributed by atoms with Crippen molar-refractivity contribution in [3.8, 4) is 0 Å². The Bertz CT molecular complexity index is 1290. The predicted octanol–water partition coefficient (Wildman–Crippen LogP) is 0.232. The number of aliphatic hydroxyl groups excluding tert-OH is 3. The number of rotatable bonds is 6. The fraction of sp³-hybridized carbons (Fsp3) is 0.385. The summed E-state index contributed by atoms with van der Waals surface area (Å²) in [5, 5.41) is 33.0. The van der Waals surface area contributed by atoms with Crippen molar-refractivity contribution in [2.75, 3.05) is 6.61 Å². The molecule has 37 heavy (non-hydrogen) atoms. The highest BCUT2D eigenvalue weighted by Crippen LogP contribution is 2.41. The smallest absolute Gasteiger partial charge is 0.330 e. The Labute approximate surface area is 213 Å². The molecule has 4 rings (SSSR count). The maximum absolute atomic E-state index is 14.3. The van der Waals surface area contributed by atoms with Gasteiger partial charge < -0.3 is 24.5 Å². The van der Waals surface area contributed by atoms with Gasteiger partial charge in [0, 0.05) is 0 Å². The second-order valence-corrected chi connectivity index (χ2v) is 14.4. The third kappa shape index (κ3) is 4.86. The van der Waals surface area contributed by atoms with Crippen LogP contribution in [0, 0.1) is 5.82 Å².